The van der Waals surface area contributed by atoms with E-state index in [0.717, 1.165) is 49.9 Å². The molecule has 1 aliphatic rings. The molecule has 2 aromatic rings. The van der Waals surface area contributed by atoms with Gasteiger partial charge >= 0.3 is 0 Å². The lowest BCUT2D eigenvalue weighted by Crippen LogP contribution is -2.47. The van der Waals surface area contributed by atoms with Crippen LogP contribution in [0.3, 0.4) is 0 Å². The van der Waals surface area contributed by atoms with Gasteiger partial charge in [0.1, 0.15) is 11.5 Å². The number of non-ortho nitro benzene ring substituents is 2. The molecule has 10 nitrogen and oxygen atoms in total. The Morgan fingerprint density at radius 2 is 1.50 bits per heavy atom. The summed E-state index contributed by atoms with van der Waals surface area (Å²) in [6.45, 7) is 3.26. The third-order valence-corrected chi connectivity index (χ3v) is 4.94. The molecule has 0 spiro atoms. The summed E-state index contributed by atoms with van der Waals surface area (Å²) in [5.74, 6) is 0.528. The minimum atomic E-state index is -0.708. The molecule has 1 heterocycles. The summed E-state index contributed by atoms with van der Waals surface area (Å²) in [6.07, 6.45) is 1.01. The number of nitrogens with zero attached hydrogens (tertiary/aromatic N) is 4. The van der Waals surface area contributed by atoms with Crippen LogP contribution in [0.5, 0.6) is 11.5 Å². The zero-order chi connectivity index (χ0) is 21.7. The van der Waals surface area contributed by atoms with Crippen LogP contribution in [-0.4, -0.2) is 58.8 Å². The number of aryl methyl sites for hydroxylation is 1. The summed E-state index contributed by atoms with van der Waals surface area (Å²) in [7, 11) is 2.04. The Morgan fingerprint density at radius 3 is 2.03 bits per heavy atom. The van der Waals surface area contributed by atoms with E-state index >= 15 is 0 Å². The molecule has 1 aliphatic heterocycles. The average Bonchev–Trinajstić information content (AvgIpc) is 2.73. The third-order valence-electron chi connectivity index (χ3n) is 4.94. The summed E-state index contributed by atoms with van der Waals surface area (Å²) >= 11 is 0. The van der Waals surface area contributed by atoms with Gasteiger partial charge in [-0.2, -0.15) is 0 Å². The van der Waals surface area contributed by atoms with E-state index in [-0.39, 0.29) is 11.7 Å². The monoisotopic (exact) mass is 414 g/mol. The summed E-state index contributed by atoms with van der Waals surface area (Å²) in [6, 6.07) is 10.1. The average molecular weight is 414 g/mol. The lowest BCUT2D eigenvalue weighted by Gasteiger charge is -2.32. The predicted octanol–water partition coefficient (Wildman–Crippen LogP) is 3.00. The van der Waals surface area contributed by atoms with Gasteiger partial charge in [-0.1, -0.05) is 12.1 Å². The van der Waals surface area contributed by atoms with E-state index in [0.29, 0.717) is 18.6 Å². The van der Waals surface area contributed by atoms with E-state index in [1.165, 1.54) is 0 Å². The molecule has 0 aromatic heterocycles. The minimum Gasteiger partial charge on any atom is -0.457 e. The molecule has 1 saturated heterocycles. The van der Waals surface area contributed by atoms with Gasteiger partial charge in [-0.25, -0.2) is 0 Å². The second-order valence-electron chi connectivity index (χ2n) is 7.13. The number of carbonyl (C=O) groups is 1. The van der Waals surface area contributed by atoms with Gasteiger partial charge in [-0.3, -0.25) is 25.0 Å². The molecule has 1 fully saturated rings. The maximum absolute atomic E-state index is 12.3. The van der Waals surface area contributed by atoms with E-state index in [4.69, 9.17) is 4.74 Å². The molecule has 1 amide bonds. The number of hydrogen-bond donors (Lipinski definition) is 0. The van der Waals surface area contributed by atoms with Crippen LogP contribution in [0.15, 0.2) is 42.5 Å². The molecule has 158 valence electrons. The topological polar surface area (TPSA) is 119 Å². The van der Waals surface area contributed by atoms with E-state index in [1.54, 1.807) is 24.3 Å². The lowest BCUT2D eigenvalue weighted by atomic mass is 10.1. The molecule has 2 aromatic carbocycles. The Hall–Kier alpha value is -3.53. The molecule has 30 heavy (non-hydrogen) atoms. The lowest BCUT2D eigenvalue weighted by molar-refractivity contribution is -0.394. The Morgan fingerprint density at radius 1 is 0.933 bits per heavy atom. The first-order chi connectivity index (χ1) is 14.3. The zero-order valence-corrected chi connectivity index (χ0v) is 16.5. The van der Waals surface area contributed by atoms with Crippen molar-refractivity contribution in [2.24, 2.45) is 0 Å². The van der Waals surface area contributed by atoms with Crippen LogP contribution in [0.25, 0.3) is 0 Å². The van der Waals surface area contributed by atoms with E-state index in [2.05, 4.69) is 4.90 Å². The maximum Gasteiger partial charge on any atom is 0.280 e. The Balaban J connectivity index is 1.60. The number of hydrogen-bond acceptors (Lipinski definition) is 7. The maximum atomic E-state index is 12.3. The van der Waals surface area contributed by atoms with Crippen LogP contribution in [-0.2, 0) is 11.2 Å². The van der Waals surface area contributed by atoms with Crippen molar-refractivity contribution in [3.63, 3.8) is 0 Å². The van der Waals surface area contributed by atoms with Crippen LogP contribution >= 0.6 is 0 Å². The molecule has 0 N–H and O–H groups in total. The van der Waals surface area contributed by atoms with Crippen LogP contribution in [0, 0.1) is 20.2 Å². The number of amides is 1. The normalized spacial score (nSPS) is 14.4. The summed E-state index contributed by atoms with van der Waals surface area (Å²) in [5, 5.41) is 22.0. The Kier molecular flexibility index (Phi) is 6.58. The largest absolute Gasteiger partial charge is 0.457 e. The number of ether oxygens (including phenoxy) is 1. The standard InChI is InChI=1S/C20H22N4O6/c1-21-8-10-22(11-9-21)20(25)7-4-15-2-5-18(6-3-15)30-19-13-16(23(26)27)12-17(14-19)24(28)29/h2-3,5-6,12-14H,4,7-11H2,1H3. The second-order valence-corrected chi connectivity index (χ2v) is 7.13. The number of piperazine rings is 1. The van der Waals surface area contributed by atoms with Crippen molar-refractivity contribution in [3.8, 4) is 11.5 Å². The SMILES string of the molecule is CN1CCN(C(=O)CCc2ccc(Oc3cc([N+](=O)[O-])cc([N+](=O)[O-])c3)cc2)CC1. The zero-order valence-electron chi connectivity index (χ0n) is 16.5. The van der Waals surface area contributed by atoms with Crippen molar-refractivity contribution in [2.45, 2.75) is 12.8 Å². The molecule has 10 heteroatoms. The first kappa shape index (κ1) is 21.2. The number of benzene rings is 2. The second kappa shape index (κ2) is 9.31. The highest BCUT2D eigenvalue weighted by Gasteiger charge is 2.19. The first-order valence-electron chi connectivity index (χ1n) is 9.49. The minimum absolute atomic E-state index is 0.00824. The Bertz CT molecular complexity index is 907. The fourth-order valence-electron chi connectivity index (χ4n) is 3.16. The number of carbonyl (C=O) groups excluding carboxylic acids is 1. The van der Waals surface area contributed by atoms with Gasteiger partial charge in [0.25, 0.3) is 11.4 Å². The molecule has 3 rings (SSSR count). The fraction of sp³-hybridized carbons (Fsp3) is 0.350. The van der Waals surface area contributed by atoms with Crippen molar-refractivity contribution in [3.05, 3.63) is 68.3 Å². The highest BCUT2D eigenvalue weighted by Crippen LogP contribution is 2.30. The number of likely N-dealkylation sites (N-methyl/N-ethyl adjacent to an activating group) is 1. The van der Waals surface area contributed by atoms with Crippen molar-refractivity contribution in [1.29, 1.82) is 0 Å². The summed E-state index contributed by atoms with van der Waals surface area (Å²) < 4.78 is 5.56. The van der Waals surface area contributed by atoms with Crippen molar-refractivity contribution in [1.82, 2.24) is 9.80 Å². The van der Waals surface area contributed by atoms with Gasteiger partial charge in [0.2, 0.25) is 5.91 Å². The van der Waals surface area contributed by atoms with Crippen molar-refractivity contribution >= 4 is 17.3 Å². The molecular formula is C20H22N4O6. The van der Waals surface area contributed by atoms with E-state index in [1.807, 2.05) is 11.9 Å². The number of nitro benzene ring substituents is 2. The molecule has 0 saturated carbocycles. The first-order valence-corrected chi connectivity index (χ1v) is 9.49. The van der Waals surface area contributed by atoms with Gasteiger partial charge in [-0.15, -0.1) is 0 Å². The molecule has 0 bridgehead atoms. The van der Waals surface area contributed by atoms with Crippen molar-refractivity contribution in [2.75, 3.05) is 33.2 Å². The molecular weight excluding hydrogens is 392 g/mol. The quantitative estimate of drug-likeness (QED) is 0.504. The van der Waals surface area contributed by atoms with E-state index in [9.17, 15) is 25.0 Å². The van der Waals surface area contributed by atoms with Crippen LogP contribution < -0.4 is 4.74 Å². The number of rotatable bonds is 7. The fourth-order valence-corrected chi connectivity index (χ4v) is 3.16. The van der Waals surface area contributed by atoms with E-state index < -0.39 is 21.2 Å². The van der Waals surface area contributed by atoms with Crippen LogP contribution in [0.2, 0.25) is 0 Å². The van der Waals surface area contributed by atoms with Gasteiger partial charge < -0.3 is 14.5 Å². The molecule has 0 aliphatic carbocycles. The Labute approximate surface area is 173 Å². The summed E-state index contributed by atoms with van der Waals surface area (Å²) in [4.78, 5) is 36.9. The van der Waals surface area contributed by atoms with Crippen LogP contribution in [0.1, 0.15) is 12.0 Å². The van der Waals surface area contributed by atoms with Crippen molar-refractivity contribution < 1.29 is 19.4 Å². The smallest absolute Gasteiger partial charge is 0.280 e. The third kappa shape index (κ3) is 5.51. The predicted molar refractivity (Wildman–Crippen MR) is 109 cm³/mol. The highest BCUT2D eigenvalue weighted by molar-refractivity contribution is 5.76. The number of nitro groups is 2. The molecule has 0 atom stereocenters. The molecule has 0 unspecified atom stereocenters. The van der Waals surface area contributed by atoms with Gasteiger partial charge in [0, 0.05) is 32.6 Å². The van der Waals surface area contributed by atoms with Gasteiger partial charge in [-0.05, 0) is 31.2 Å². The van der Waals surface area contributed by atoms with Gasteiger partial charge in [0.05, 0.1) is 28.0 Å². The highest BCUT2D eigenvalue weighted by atomic mass is 16.6. The van der Waals surface area contributed by atoms with Crippen LogP contribution in [0.4, 0.5) is 11.4 Å². The summed E-state index contributed by atoms with van der Waals surface area (Å²) in [5.41, 5.74) is 0.117. The molecule has 0 radical (unpaired) electrons. The van der Waals surface area contributed by atoms with Gasteiger partial charge in [0.15, 0.2) is 0 Å².